The molecule has 0 atom stereocenters. The maximum atomic E-state index is 13.1. The monoisotopic (exact) mass is 426 g/mol. The van der Waals surface area contributed by atoms with Gasteiger partial charge in [-0.2, -0.15) is 4.57 Å². The molecule has 6 nitrogen and oxygen atoms in total. The van der Waals surface area contributed by atoms with E-state index in [0.717, 1.165) is 0 Å². The van der Waals surface area contributed by atoms with Crippen LogP contribution < -0.4 is 13.6 Å². The molecule has 0 bridgehead atoms. The van der Waals surface area contributed by atoms with Gasteiger partial charge >= 0.3 is 13.8 Å². The molecule has 30 heavy (non-hydrogen) atoms. The Morgan fingerprint density at radius 1 is 0.700 bits per heavy atom. The Kier molecular flexibility index (Phi) is 8.73. The summed E-state index contributed by atoms with van der Waals surface area (Å²) in [6.45, 7) is 4.95. The third-order valence-electron chi connectivity index (χ3n) is 3.42. The molecular weight excluding hydrogens is 403 g/mol. The van der Waals surface area contributed by atoms with Crippen LogP contribution in [-0.2, 0) is 14.1 Å². The molecule has 3 aromatic carbocycles. The highest BCUT2D eigenvalue weighted by atomic mass is 31.2. The van der Waals surface area contributed by atoms with Crippen LogP contribution in [0.5, 0.6) is 17.2 Å². The van der Waals surface area contributed by atoms with Crippen molar-refractivity contribution in [1.82, 2.24) is 0 Å². The number of carbonyl (C=O) groups is 1. The molecule has 0 spiro atoms. The summed E-state index contributed by atoms with van der Waals surface area (Å²) in [7, 11) is -2.55. The van der Waals surface area contributed by atoms with Crippen molar-refractivity contribution in [3.05, 3.63) is 103 Å². The van der Waals surface area contributed by atoms with Gasteiger partial charge in [-0.15, -0.1) is 0 Å². The van der Waals surface area contributed by atoms with Crippen LogP contribution in [0, 0.1) is 0 Å². The van der Waals surface area contributed by atoms with Crippen molar-refractivity contribution in [2.75, 3.05) is 7.11 Å². The van der Waals surface area contributed by atoms with E-state index in [1.165, 1.54) is 7.11 Å². The first-order valence-electron chi connectivity index (χ1n) is 8.99. The third kappa shape index (κ3) is 7.86. The van der Waals surface area contributed by atoms with Crippen LogP contribution in [0.3, 0.4) is 0 Å². The number of methoxy groups -OCH3 is 1. The summed E-state index contributed by atoms with van der Waals surface area (Å²) >= 11 is 0. The van der Waals surface area contributed by atoms with Crippen molar-refractivity contribution >= 4 is 13.8 Å². The smallest absolute Gasteiger partial charge is 0.466 e. The zero-order chi connectivity index (χ0) is 21.8. The van der Waals surface area contributed by atoms with E-state index in [1.807, 2.05) is 18.2 Å². The summed E-state index contributed by atoms with van der Waals surface area (Å²) < 4.78 is 33.9. The molecule has 0 unspecified atom stereocenters. The van der Waals surface area contributed by atoms with Gasteiger partial charge in [0, 0.05) is 5.57 Å². The second kappa shape index (κ2) is 11.5. The van der Waals surface area contributed by atoms with Crippen LogP contribution in [-0.4, -0.2) is 13.1 Å². The topological polar surface area (TPSA) is 71.1 Å². The molecule has 0 aliphatic carbocycles. The van der Waals surface area contributed by atoms with Crippen LogP contribution in [0.4, 0.5) is 0 Å². The van der Waals surface area contributed by atoms with Gasteiger partial charge in [0.05, 0.1) is 7.11 Å². The van der Waals surface area contributed by atoms with E-state index in [-0.39, 0.29) is 5.97 Å². The molecule has 0 aromatic heterocycles. The molecule has 0 fully saturated rings. The maximum Gasteiger partial charge on any atom is 0.647 e. The number of ether oxygens (including phenoxy) is 1. The van der Waals surface area contributed by atoms with E-state index in [1.54, 1.807) is 79.7 Å². The highest BCUT2D eigenvalue weighted by molar-refractivity contribution is 7.49. The normalized spacial score (nSPS) is 10.1. The lowest BCUT2D eigenvalue weighted by Crippen LogP contribution is -2.07. The largest absolute Gasteiger partial charge is 0.647 e. The Morgan fingerprint density at radius 2 is 1.00 bits per heavy atom. The number of para-hydroxylation sites is 3. The maximum absolute atomic E-state index is 13.1. The van der Waals surface area contributed by atoms with Crippen molar-refractivity contribution in [3.63, 3.8) is 0 Å². The molecule has 0 aliphatic heterocycles. The van der Waals surface area contributed by atoms with Crippen molar-refractivity contribution in [1.29, 1.82) is 0 Å². The van der Waals surface area contributed by atoms with E-state index in [2.05, 4.69) is 11.3 Å². The first-order valence-corrected chi connectivity index (χ1v) is 10.5. The predicted octanol–water partition coefficient (Wildman–Crippen LogP) is 6.07. The average Bonchev–Trinajstić information content (AvgIpc) is 2.75. The number of carbonyl (C=O) groups excluding carboxylic acids is 1. The van der Waals surface area contributed by atoms with Gasteiger partial charge in [-0.3, -0.25) is 0 Å². The molecule has 3 rings (SSSR count). The first kappa shape index (κ1) is 22.8. The molecule has 0 saturated carbocycles. The van der Waals surface area contributed by atoms with Gasteiger partial charge in [-0.1, -0.05) is 61.2 Å². The van der Waals surface area contributed by atoms with E-state index in [0.29, 0.717) is 22.8 Å². The molecule has 0 aliphatic rings. The van der Waals surface area contributed by atoms with Crippen LogP contribution >= 0.6 is 7.82 Å². The lowest BCUT2D eigenvalue weighted by Gasteiger charge is -2.19. The number of benzene rings is 3. The van der Waals surface area contributed by atoms with E-state index in [9.17, 15) is 9.36 Å². The Bertz CT molecular complexity index is 866. The first-order chi connectivity index (χ1) is 14.4. The molecule has 0 amide bonds. The SMILES string of the molecule is C=C(C)C(=O)OC.O=P(Oc1ccccc1)(Oc1ccccc1)Oc1ccccc1. The Hall–Kier alpha value is -3.50. The van der Waals surface area contributed by atoms with Crippen molar-refractivity contribution in [3.8, 4) is 17.2 Å². The number of hydrogen-bond donors (Lipinski definition) is 0. The minimum Gasteiger partial charge on any atom is -0.466 e. The summed E-state index contributed by atoms with van der Waals surface area (Å²) in [5.74, 6) is 0.869. The molecule has 0 saturated heterocycles. The molecule has 156 valence electrons. The molecule has 0 radical (unpaired) electrons. The molecule has 0 N–H and O–H groups in total. The molecule has 0 heterocycles. The number of hydrogen-bond acceptors (Lipinski definition) is 6. The lowest BCUT2D eigenvalue weighted by atomic mass is 10.3. The van der Waals surface area contributed by atoms with Gasteiger partial charge in [0.25, 0.3) is 0 Å². The van der Waals surface area contributed by atoms with E-state index >= 15 is 0 Å². The number of rotatable bonds is 7. The summed E-state index contributed by atoms with van der Waals surface area (Å²) in [5, 5.41) is 0. The Balaban J connectivity index is 0.000000396. The van der Waals surface area contributed by atoms with Gasteiger partial charge < -0.3 is 18.3 Å². The number of esters is 1. The Labute approximate surface area is 176 Å². The van der Waals surface area contributed by atoms with Crippen molar-refractivity contribution in [2.45, 2.75) is 6.92 Å². The highest BCUT2D eigenvalue weighted by Crippen LogP contribution is 2.49. The minimum absolute atomic E-state index is 0.347. The fourth-order valence-electron chi connectivity index (χ4n) is 2.06. The number of phosphoric acid groups is 1. The lowest BCUT2D eigenvalue weighted by molar-refractivity contribution is -0.136. The number of phosphoric ester groups is 1. The van der Waals surface area contributed by atoms with Crippen LogP contribution in [0.2, 0.25) is 0 Å². The van der Waals surface area contributed by atoms with Gasteiger partial charge in [0.2, 0.25) is 0 Å². The van der Waals surface area contributed by atoms with Crippen LogP contribution in [0.25, 0.3) is 0 Å². The van der Waals surface area contributed by atoms with Crippen LogP contribution in [0.15, 0.2) is 103 Å². The predicted molar refractivity (Wildman–Crippen MR) is 116 cm³/mol. The summed E-state index contributed by atoms with van der Waals surface area (Å²) in [6, 6.07) is 26.4. The van der Waals surface area contributed by atoms with Gasteiger partial charge in [-0.05, 0) is 43.3 Å². The fourth-order valence-corrected chi connectivity index (χ4v) is 3.31. The standard InChI is InChI=1S/C18H15O4P.C5H8O2/c19-23(20-16-10-4-1-5-11-16,21-17-12-6-2-7-13-17)22-18-14-8-3-9-15-18;1-4(2)5(6)7-3/h1-15H;1H2,2-3H3. The minimum atomic E-state index is -3.89. The van der Waals surface area contributed by atoms with Gasteiger partial charge in [0.15, 0.2) is 0 Å². The van der Waals surface area contributed by atoms with Crippen molar-refractivity contribution < 1.29 is 27.7 Å². The highest BCUT2D eigenvalue weighted by Gasteiger charge is 2.33. The Morgan fingerprint density at radius 3 is 1.20 bits per heavy atom. The zero-order valence-corrected chi connectivity index (χ0v) is 17.7. The molecule has 3 aromatic rings. The summed E-state index contributed by atoms with van der Waals surface area (Å²) in [5.41, 5.74) is 0.433. The summed E-state index contributed by atoms with van der Waals surface area (Å²) in [6.07, 6.45) is 0. The third-order valence-corrected chi connectivity index (χ3v) is 4.72. The van der Waals surface area contributed by atoms with Crippen molar-refractivity contribution in [2.24, 2.45) is 0 Å². The quantitative estimate of drug-likeness (QED) is 0.260. The second-order valence-corrected chi connectivity index (χ2v) is 7.37. The van der Waals surface area contributed by atoms with Crippen LogP contribution in [0.1, 0.15) is 6.92 Å². The van der Waals surface area contributed by atoms with E-state index < -0.39 is 7.82 Å². The average molecular weight is 426 g/mol. The van der Waals surface area contributed by atoms with Gasteiger partial charge in [0.1, 0.15) is 17.2 Å². The second-order valence-electron chi connectivity index (χ2n) is 5.93. The fraction of sp³-hybridized carbons (Fsp3) is 0.0870. The van der Waals surface area contributed by atoms with E-state index in [4.69, 9.17) is 13.6 Å². The molecular formula is C23H23O6P. The molecule has 7 heteroatoms. The van der Waals surface area contributed by atoms with Gasteiger partial charge in [-0.25, -0.2) is 4.79 Å². The summed E-state index contributed by atoms with van der Waals surface area (Å²) in [4.78, 5) is 10.2. The zero-order valence-electron chi connectivity index (χ0n) is 16.8.